The van der Waals surface area contributed by atoms with Crippen LogP contribution in [-0.2, 0) is 14.8 Å². The Morgan fingerprint density at radius 3 is 2.45 bits per heavy atom. The van der Waals surface area contributed by atoms with E-state index in [1.807, 2.05) is 4.90 Å². The zero-order valence-electron chi connectivity index (χ0n) is 16.3. The molecule has 0 bridgehead atoms. The lowest BCUT2D eigenvalue weighted by Crippen LogP contribution is -2.54. The van der Waals surface area contributed by atoms with Crippen molar-refractivity contribution in [1.82, 2.24) is 14.4 Å². The van der Waals surface area contributed by atoms with Crippen molar-refractivity contribution in [2.75, 3.05) is 31.5 Å². The standard InChI is InChI=1S/C18H22Cl2N4O4S/c1-11-17(13(3)28-22-11)29(26,27)24-8-6-23(7-9-24)12(2)18(25)21-16-10-14(19)4-5-15(16)20/h4-5,10,12H,6-9H2,1-3H3,(H,21,25). The summed E-state index contributed by atoms with van der Waals surface area (Å²) in [5.41, 5.74) is 0.784. The molecule has 29 heavy (non-hydrogen) atoms. The molecule has 0 spiro atoms. The van der Waals surface area contributed by atoms with Crippen molar-refractivity contribution in [3.8, 4) is 0 Å². The molecule has 2 heterocycles. The zero-order valence-corrected chi connectivity index (χ0v) is 18.6. The minimum atomic E-state index is -3.69. The maximum absolute atomic E-state index is 12.9. The van der Waals surface area contributed by atoms with Crippen molar-refractivity contribution >= 4 is 44.8 Å². The fourth-order valence-electron chi connectivity index (χ4n) is 3.30. The lowest BCUT2D eigenvalue weighted by Gasteiger charge is -2.36. The van der Waals surface area contributed by atoms with E-state index < -0.39 is 16.1 Å². The van der Waals surface area contributed by atoms with Crippen LogP contribution < -0.4 is 5.32 Å². The van der Waals surface area contributed by atoms with Gasteiger partial charge in [0.25, 0.3) is 0 Å². The van der Waals surface area contributed by atoms with E-state index in [0.29, 0.717) is 34.5 Å². The number of sulfonamides is 1. The molecule has 1 fully saturated rings. The molecule has 1 N–H and O–H groups in total. The summed E-state index contributed by atoms with van der Waals surface area (Å²) in [6, 6.07) is 4.38. The van der Waals surface area contributed by atoms with E-state index in [1.165, 1.54) is 4.31 Å². The summed E-state index contributed by atoms with van der Waals surface area (Å²) < 4.78 is 32.2. The fourth-order valence-corrected chi connectivity index (χ4v) is 5.35. The fraction of sp³-hybridized carbons (Fsp3) is 0.444. The van der Waals surface area contributed by atoms with Crippen molar-refractivity contribution in [2.45, 2.75) is 31.7 Å². The summed E-state index contributed by atoms with van der Waals surface area (Å²) in [6.45, 7) is 6.32. The van der Waals surface area contributed by atoms with Crippen LogP contribution in [0.1, 0.15) is 18.4 Å². The third kappa shape index (κ3) is 4.59. The van der Waals surface area contributed by atoms with Crippen LogP contribution in [0.15, 0.2) is 27.6 Å². The largest absolute Gasteiger partial charge is 0.360 e. The quantitative estimate of drug-likeness (QED) is 0.736. The lowest BCUT2D eigenvalue weighted by atomic mass is 10.2. The van der Waals surface area contributed by atoms with Gasteiger partial charge in [0.15, 0.2) is 5.76 Å². The Morgan fingerprint density at radius 2 is 1.86 bits per heavy atom. The molecule has 0 radical (unpaired) electrons. The van der Waals surface area contributed by atoms with Crippen molar-refractivity contribution in [2.24, 2.45) is 0 Å². The second kappa shape index (κ2) is 8.61. The van der Waals surface area contributed by atoms with Crippen molar-refractivity contribution in [3.05, 3.63) is 39.7 Å². The van der Waals surface area contributed by atoms with Gasteiger partial charge in [-0.2, -0.15) is 4.31 Å². The van der Waals surface area contributed by atoms with Gasteiger partial charge in [0.1, 0.15) is 10.6 Å². The molecule has 0 aliphatic carbocycles. The van der Waals surface area contributed by atoms with Crippen molar-refractivity contribution in [1.29, 1.82) is 0 Å². The monoisotopic (exact) mass is 460 g/mol. The predicted molar refractivity (Wildman–Crippen MR) is 111 cm³/mol. The highest BCUT2D eigenvalue weighted by molar-refractivity contribution is 7.89. The first kappa shape index (κ1) is 22.0. The van der Waals surface area contributed by atoms with E-state index in [9.17, 15) is 13.2 Å². The molecule has 1 unspecified atom stereocenters. The molecule has 0 saturated carbocycles. The molecule has 8 nitrogen and oxygen atoms in total. The molecule has 158 valence electrons. The van der Waals surface area contributed by atoms with Gasteiger partial charge < -0.3 is 9.84 Å². The smallest absolute Gasteiger partial charge is 0.248 e. The molecular weight excluding hydrogens is 439 g/mol. The number of aromatic nitrogens is 1. The number of hydrogen-bond donors (Lipinski definition) is 1. The number of anilines is 1. The predicted octanol–water partition coefficient (Wildman–Crippen LogP) is 2.93. The number of amides is 1. The second-order valence-electron chi connectivity index (χ2n) is 6.88. The summed E-state index contributed by atoms with van der Waals surface area (Å²) in [5, 5.41) is 7.37. The topological polar surface area (TPSA) is 95.8 Å². The Balaban J connectivity index is 1.64. The Hall–Kier alpha value is -1.65. The first-order valence-electron chi connectivity index (χ1n) is 9.04. The minimum absolute atomic E-state index is 0.118. The number of nitrogens with one attached hydrogen (secondary N) is 1. The Labute approximate surface area is 179 Å². The van der Waals surface area contributed by atoms with Gasteiger partial charge in [0.2, 0.25) is 15.9 Å². The van der Waals surface area contributed by atoms with Crippen LogP contribution >= 0.6 is 23.2 Å². The molecule has 1 atom stereocenters. The lowest BCUT2D eigenvalue weighted by molar-refractivity contribution is -0.121. The van der Waals surface area contributed by atoms with Gasteiger partial charge in [0, 0.05) is 31.2 Å². The SMILES string of the molecule is Cc1noc(C)c1S(=O)(=O)N1CCN(C(C)C(=O)Nc2cc(Cl)ccc2Cl)CC1. The van der Waals surface area contributed by atoms with Crippen molar-refractivity contribution in [3.63, 3.8) is 0 Å². The van der Waals surface area contributed by atoms with Crippen LogP contribution in [0.2, 0.25) is 10.0 Å². The van der Waals surface area contributed by atoms with Crippen LogP contribution in [0.5, 0.6) is 0 Å². The normalized spacial score (nSPS) is 17.3. The van der Waals surface area contributed by atoms with Gasteiger partial charge in [-0.3, -0.25) is 9.69 Å². The number of aryl methyl sites for hydroxylation is 2. The number of benzene rings is 1. The van der Waals surface area contributed by atoms with E-state index in [1.54, 1.807) is 39.0 Å². The molecule has 1 aromatic carbocycles. The van der Waals surface area contributed by atoms with Gasteiger partial charge in [-0.15, -0.1) is 0 Å². The maximum atomic E-state index is 12.9. The third-order valence-electron chi connectivity index (χ3n) is 4.95. The molecular formula is C18H22Cl2N4O4S. The van der Waals surface area contributed by atoms with Gasteiger partial charge >= 0.3 is 0 Å². The van der Waals surface area contributed by atoms with Gasteiger partial charge in [-0.1, -0.05) is 28.4 Å². The molecule has 1 aromatic heterocycles. The Kier molecular flexibility index (Phi) is 6.54. The van der Waals surface area contributed by atoms with Crippen LogP contribution in [-0.4, -0.2) is 60.9 Å². The summed E-state index contributed by atoms with van der Waals surface area (Å²) in [4.78, 5) is 14.7. The Bertz CT molecular complexity index is 997. The number of rotatable bonds is 5. The molecule has 1 amide bonds. The van der Waals surface area contributed by atoms with E-state index in [2.05, 4.69) is 10.5 Å². The first-order valence-corrected chi connectivity index (χ1v) is 11.2. The van der Waals surface area contributed by atoms with E-state index >= 15 is 0 Å². The number of carbonyl (C=O) groups is 1. The van der Waals surface area contributed by atoms with Crippen LogP contribution in [0.4, 0.5) is 5.69 Å². The number of nitrogens with zero attached hydrogens (tertiary/aromatic N) is 3. The molecule has 1 aliphatic heterocycles. The number of halogens is 2. The molecule has 1 saturated heterocycles. The van der Waals surface area contributed by atoms with E-state index in [0.717, 1.165) is 0 Å². The van der Waals surface area contributed by atoms with Crippen LogP contribution in [0.3, 0.4) is 0 Å². The highest BCUT2D eigenvalue weighted by Gasteiger charge is 2.35. The van der Waals surface area contributed by atoms with E-state index in [-0.39, 0.29) is 29.7 Å². The Morgan fingerprint density at radius 1 is 1.21 bits per heavy atom. The van der Waals surface area contributed by atoms with Gasteiger partial charge in [0.05, 0.1) is 16.8 Å². The summed E-state index contributed by atoms with van der Waals surface area (Å²) in [5.74, 6) is 0.0345. The average Bonchev–Trinajstić information content (AvgIpc) is 3.03. The third-order valence-corrected chi connectivity index (χ3v) is 7.66. The minimum Gasteiger partial charge on any atom is -0.360 e. The highest BCUT2D eigenvalue weighted by atomic mass is 35.5. The second-order valence-corrected chi connectivity index (χ2v) is 9.60. The van der Waals surface area contributed by atoms with Gasteiger partial charge in [-0.25, -0.2) is 8.42 Å². The summed E-state index contributed by atoms with van der Waals surface area (Å²) in [7, 11) is -3.69. The van der Waals surface area contributed by atoms with Gasteiger partial charge in [-0.05, 0) is 39.0 Å². The summed E-state index contributed by atoms with van der Waals surface area (Å²) in [6.07, 6.45) is 0. The summed E-state index contributed by atoms with van der Waals surface area (Å²) >= 11 is 12.1. The van der Waals surface area contributed by atoms with E-state index in [4.69, 9.17) is 27.7 Å². The van der Waals surface area contributed by atoms with Crippen LogP contribution in [0.25, 0.3) is 0 Å². The molecule has 1 aliphatic rings. The highest BCUT2D eigenvalue weighted by Crippen LogP contribution is 2.27. The van der Waals surface area contributed by atoms with Crippen molar-refractivity contribution < 1.29 is 17.7 Å². The average molecular weight is 461 g/mol. The number of carbonyl (C=O) groups excluding carboxylic acids is 1. The number of piperazine rings is 1. The molecule has 11 heteroatoms. The molecule has 3 rings (SSSR count). The van der Waals surface area contributed by atoms with Crippen LogP contribution in [0, 0.1) is 13.8 Å². The zero-order chi connectivity index (χ0) is 21.3. The maximum Gasteiger partial charge on any atom is 0.248 e. The number of hydrogen-bond acceptors (Lipinski definition) is 6. The first-order chi connectivity index (χ1) is 13.6. The molecule has 2 aromatic rings.